The smallest absolute Gasteiger partial charge is 0.291 e. The molecule has 32 heavy (non-hydrogen) atoms. The van der Waals surface area contributed by atoms with Crippen LogP contribution in [-0.4, -0.2) is 43.2 Å². The zero-order chi connectivity index (χ0) is 23.9. The van der Waals surface area contributed by atoms with Crippen LogP contribution < -0.4 is 15.2 Å². The third-order valence-corrected chi connectivity index (χ3v) is 5.69. The number of nitriles is 1. The van der Waals surface area contributed by atoms with E-state index < -0.39 is 5.41 Å². The third kappa shape index (κ3) is 6.52. The number of rotatable bonds is 8. The van der Waals surface area contributed by atoms with Gasteiger partial charge in [0.1, 0.15) is 5.84 Å². The molecule has 7 heteroatoms. The second-order valence-electron chi connectivity index (χ2n) is 8.25. The fourth-order valence-electron chi connectivity index (χ4n) is 3.08. The Labute approximate surface area is 196 Å². The zero-order valence-corrected chi connectivity index (χ0v) is 20.5. The molecule has 2 aromatic carbocycles. The van der Waals surface area contributed by atoms with Crippen LogP contribution in [-0.2, 0) is 11.8 Å². The number of methoxy groups -OCH3 is 1. The van der Waals surface area contributed by atoms with Crippen molar-refractivity contribution in [2.24, 2.45) is 10.7 Å². The minimum atomic E-state index is -0.574. The number of nitrogens with zero attached hydrogens (tertiary/aromatic N) is 3. The Hall–Kier alpha value is -2.95. The van der Waals surface area contributed by atoms with Crippen molar-refractivity contribution in [3.05, 3.63) is 58.7 Å². The molecule has 170 valence electrons. The number of likely N-dealkylation sites (N-methyl/N-ethyl adjacent to an activating group) is 1. The number of thiocarbonyl (C=S) groups is 1. The van der Waals surface area contributed by atoms with E-state index >= 15 is 0 Å². The van der Waals surface area contributed by atoms with Gasteiger partial charge in [0.15, 0.2) is 11.5 Å². The maximum Gasteiger partial charge on any atom is 0.291 e. The third-order valence-electron chi connectivity index (χ3n) is 5.52. The standard InChI is InChI=1S/C25H32N4O2S/c1-7-29(5)13-12-19-15-21(30-6)22(14-17(19)2)31-24(32)28-23(27)18-8-10-20(11-9-18)25(3,4)16-26/h8-11,14-15H,7,12-13H2,1-6H3,(H2,27,28,32). The number of benzene rings is 2. The summed E-state index contributed by atoms with van der Waals surface area (Å²) in [6.07, 6.45) is 0.918. The number of nitrogens with two attached hydrogens (primary N) is 1. The van der Waals surface area contributed by atoms with Crippen molar-refractivity contribution < 1.29 is 9.47 Å². The summed E-state index contributed by atoms with van der Waals surface area (Å²) in [5.74, 6) is 1.35. The molecule has 0 amide bonds. The topological polar surface area (TPSA) is 83.9 Å². The Kier molecular flexibility index (Phi) is 8.76. The minimum Gasteiger partial charge on any atom is -0.493 e. The van der Waals surface area contributed by atoms with Crippen LogP contribution in [0.5, 0.6) is 11.5 Å². The van der Waals surface area contributed by atoms with Crippen LogP contribution in [0.2, 0.25) is 0 Å². The molecular formula is C25H32N4O2S. The summed E-state index contributed by atoms with van der Waals surface area (Å²) < 4.78 is 11.3. The van der Waals surface area contributed by atoms with Gasteiger partial charge >= 0.3 is 0 Å². The molecular weight excluding hydrogens is 420 g/mol. The predicted octanol–water partition coefficient (Wildman–Crippen LogP) is 4.37. The Morgan fingerprint density at radius 3 is 2.44 bits per heavy atom. The second kappa shape index (κ2) is 11.1. The van der Waals surface area contributed by atoms with Gasteiger partial charge in [0.25, 0.3) is 5.17 Å². The van der Waals surface area contributed by atoms with Crippen LogP contribution >= 0.6 is 12.2 Å². The van der Waals surface area contributed by atoms with E-state index in [0.717, 1.165) is 30.6 Å². The van der Waals surface area contributed by atoms with Crippen LogP contribution in [0, 0.1) is 18.3 Å². The van der Waals surface area contributed by atoms with Gasteiger partial charge in [0.05, 0.1) is 18.6 Å². The lowest BCUT2D eigenvalue weighted by Crippen LogP contribution is -2.20. The van der Waals surface area contributed by atoms with Crippen molar-refractivity contribution in [1.82, 2.24) is 4.90 Å². The van der Waals surface area contributed by atoms with E-state index in [2.05, 4.69) is 29.9 Å². The zero-order valence-electron chi connectivity index (χ0n) is 19.7. The highest BCUT2D eigenvalue weighted by Crippen LogP contribution is 2.31. The van der Waals surface area contributed by atoms with Crippen molar-refractivity contribution in [1.29, 1.82) is 5.26 Å². The van der Waals surface area contributed by atoms with E-state index in [9.17, 15) is 5.26 Å². The molecule has 0 aromatic heterocycles. The first-order valence-corrected chi connectivity index (χ1v) is 11.0. The summed E-state index contributed by atoms with van der Waals surface area (Å²) in [7, 11) is 3.70. The highest BCUT2D eigenvalue weighted by Gasteiger charge is 2.19. The van der Waals surface area contributed by atoms with Gasteiger partial charge in [-0.25, -0.2) is 0 Å². The summed E-state index contributed by atoms with van der Waals surface area (Å²) >= 11 is 5.31. The fraction of sp³-hybridized carbons (Fsp3) is 0.400. The molecule has 0 fully saturated rings. The SMILES string of the molecule is CCN(C)CCc1cc(OC)c(OC(=S)N=C(N)c2ccc(C(C)(C)C#N)cc2)cc1C. The summed E-state index contributed by atoms with van der Waals surface area (Å²) in [5, 5.41) is 9.29. The van der Waals surface area contributed by atoms with E-state index in [1.807, 2.05) is 57.2 Å². The molecule has 0 heterocycles. The Morgan fingerprint density at radius 2 is 1.88 bits per heavy atom. The van der Waals surface area contributed by atoms with Gasteiger partial charge in [-0.3, -0.25) is 0 Å². The van der Waals surface area contributed by atoms with Crippen LogP contribution in [0.25, 0.3) is 0 Å². The monoisotopic (exact) mass is 452 g/mol. The summed E-state index contributed by atoms with van der Waals surface area (Å²) in [6, 6.07) is 13.6. The van der Waals surface area contributed by atoms with E-state index in [0.29, 0.717) is 17.1 Å². The average molecular weight is 453 g/mol. The first-order valence-electron chi connectivity index (χ1n) is 10.6. The number of amidine groups is 1. The van der Waals surface area contributed by atoms with Gasteiger partial charge < -0.3 is 20.1 Å². The molecule has 0 saturated heterocycles. The van der Waals surface area contributed by atoms with E-state index in [-0.39, 0.29) is 11.0 Å². The highest BCUT2D eigenvalue weighted by molar-refractivity contribution is 7.80. The van der Waals surface area contributed by atoms with Crippen molar-refractivity contribution in [3.63, 3.8) is 0 Å². The lowest BCUT2D eigenvalue weighted by atomic mass is 9.86. The van der Waals surface area contributed by atoms with Crippen molar-refractivity contribution in [2.75, 3.05) is 27.2 Å². The average Bonchev–Trinajstić information content (AvgIpc) is 2.78. The summed E-state index contributed by atoms with van der Waals surface area (Å²) in [6.45, 7) is 9.88. The molecule has 2 N–H and O–H groups in total. The first-order chi connectivity index (χ1) is 15.1. The normalized spacial score (nSPS) is 11.9. The molecule has 0 atom stereocenters. The van der Waals surface area contributed by atoms with Gasteiger partial charge in [-0.05, 0) is 81.8 Å². The molecule has 2 aromatic rings. The molecule has 0 saturated carbocycles. The van der Waals surface area contributed by atoms with Gasteiger partial charge in [0, 0.05) is 12.1 Å². The molecule has 0 aliphatic heterocycles. The molecule has 6 nitrogen and oxygen atoms in total. The maximum absolute atomic E-state index is 9.29. The molecule has 0 bridgehead atoms. The number of hydrogen-bond donors (Lipinski definition) is 1. The summed E-state index contributed by atoms with van der Waals surface area (Å²) in [5.41, 5.74) is 9.45. The fourth-order valence-corrected chi connectivity index (χ4v) is 3.27. The molecule has 0 spiro atoms. The van der Waals surface area contributed by atoms with Crippen LogP contribution in [0.3, 0.4) is 0 Å². The minimum absolute atomic E-state index is 0.0000903. The Bertz CT molecular complexity index is 1020. The Balaban J connectivity index is 2.16. The van der Waals surface area contributed by atoms with Crippen molar-refractivity contribution >= 4 is 23.2 Å². The number of ether oxygens (including phenoxy) is 2. The van der Waals surface area contributed by atoms with Crippen molar-refractivity contribution in [2.45, 2.75) is 39.5 Å². The molecule has 0 aliphatic carbocycles. The van der Waals surface area contributed by atoms with Gasteiger partial charge in [0.2, 0.25) is 0 Å². The quantitative estimate of drug-likeness (QED) is 0.364. The van der Waals surface area contributed by atoms with Crippen LogP contribution in [0.1, 0.15) is 43.0 Å². The summed E-state index contributed by atoms with van der Waals surface area (Å²) in [4.78, 5) is 6.49. The van der Waals surface area contributed by atoms with Crippen molar-refractivity contribution in [3.8, 4) is 17.6 Å². The molecule has 2 rings (SSSR count). The molecule has 0 aliphatic rings. The number of aliphatic imine (C=N–C) groups is 1. The van der Waals surface area contributed by atoms with E-state index in [1.165, 1.54) is 5.56 Å². The first kappa shape index (κ1) is 25.3. The van der Waals surface area contributed by atoms with E-state index in [1.54, 1.807) is 7.11 Å². The van der Waals surface area contributed by atoms with Gasteiger partial charge in [-0.1, -0.05) is 31.2 Å². The largest absolute Gasteiger partial charge is 0.493 e. The second-order valence-corrected chi connectivity index (χ2v) is 8.60. The van der Waals surface area contributed by atoms with Gasteiger partial charge in [-0.2, -0.15) is 10.3 Å². The highest BCUT2D eigenvalue weighted by atomic mass is 32.1. The predicted molar refractivity (Wildman–Crippen MR) is 134 cm³/mol. The number of aryl methyl sites for hydroxylation is 1. The molecule has 0 radical (unpaired) electrons. The van der Waals surface area contributed by atoms with Gasteiger partial charge in [-0.15, -0.1) is 0 Å². The lowest BCUT2D eigenvalue weighted by Gasteiger charge is -2.17. The maximum atomic E-state index is 9.29. The number of hydrogen-bond acceptors (Lipinski definition) is 5. The van der Waals surface area contributed by atoms with E-state index in [4.69, 9.17) is 27.4 Å². The lowest BCUT2D eigenvalue weighted by molar-refractivity contribution is 0.356. The van der Waals surface area contributed by atoms with Crippen LogP contribution in [0.4, 0.5) is 0 Å². The Morgan fingerprint density at radius 1 is 1.22 bits per heavy atom. The van der Waals surface area contributed by atoms with Crippen LogP contribution in [0.15, 0.2) is 41.4 Å². The molecule has 0 unspecified atom stereocenters.